The molecule has 8 heterocycles. The third-order valence-electron chi connectivity index (χ3n) is 17.9. The zero-order chi connectivity index (χ0) is 71.2. The van der Waals surface area contributed by atoms with Gasteiger partial charge in [0.05, 0.1) is 87.2 Å². The van der Waals surface area contributed by atoms with Gasteiger partial charge in [-0.1, -0.05) is 46.9 Å². The Kier molecular flexibility index (Phi) is 28.0. The number of hydrogen-bond donors (Lipinski definition) is 6. The van der Waals surface area contributed by atoms with Crippen molar-refractivity contribution in [2.45, 2.75) is 236 Å². The van der Waals surface area contributed by atoms with Crippen LogP contribution >= 0.6 is 58.0 Å². The summed E-state index contributed by atoms with van der Waals surface area (Å²) < 4.78 is 69.3. The van der Waals surface area contributed by atoms with E-state index >= 15 is 0 Å². The summed E-state index contributed by atoms with van der Waals surface area (Å²) in [5.74, 6) is 3.99. The van der Waals surface area contributed by atoms with E-state index in [-0.39, 0.29) is 74.2 Å². The number of nitrogens with two attached hydrogens (primary N) is 2. The monoisotopic (exact) mass is 1470 g/mol. The summed E-state index contributed by atoms with van der Waals surface area (Å²) in [6.45, 7) is 24.7. The van der Waals surface area contributed by atoms with Crippen LogP contribution in [0.1, 0.15) is 188 Å². The Morgan fingerprint density at radius 2 is 1.01 bits per heavy atom. The second-order valence-electron chi connectivity index (χ2n) is 27.9. The van der Waals surface area contributed by atoms with Crippen LogP contribution in [0.25, 0.3) is 11.0 Å². The number of aromatic nitrogens is 6. The molecule has 0 radical (unpaired) electrons. The van der Waals surface area contributed by atoms with Gasteiger partial charge >= 0.3 is 19.3 Å². The number of carbonyl (C=O) groups is 3. The van der Waals surface area contributed by atoms with Crippen molar-refractivity contribution in [2.24, 2.45) is 10.9 Å². The van der Waals surface area contributed by atoms with E-state index in [1.807, 2.05) is 98.2 Å². The maximum atomic E-state index is 11.5. The molecule has 2 amide bonds. The first-order valence-electron chi connectivity index (χ1n) is 33.2. The van der Waals surface area contributed by atoms with Crippen LogP contribution in [0.2, 0.25) is 26.0 Å². The highest BCUT2D eigenvalue weighted by Crippen LogP contribution is 2.42. The Morgan fingerprint density at radius 1 is 0.602 bits per heavy atom. The zero-order valence-corrected chi connectivity index (χ0v) is 61.3. The molecule has 544 valence electrons. The first-order valence-corrected chi connectivity index (χ1v) is 35.1. The van der Waals surface area contributed by atoms with Crippen LogP contribution in [0.5, 0.6) is 0 Å². The summed E-state index contributed by atoms with van der Waals surface area (Å²) >= 11 is 28.3. The lowest BCUT2D eigenvalue weighted by Crippen LogP contribution is -2.49. The minimum atomic E-state index is -0.520. The molecule has 4 spiro atoms. The topological polar surface area (TPSA) is 344 Å². The van der Waals surface area contributed by atoms with Gasteiger partial charge in [0.25, 0.3) is 0 Å². The standard InChI is InChI=1S/C13H14Cl2N4O2.C13H24N2O4.C13H22N2O4.C12H18BNO2.C8H16N2O2.C5HCl3N2O/c14-10-9-7-16-19(11(9)18-12(15)17-10)8-1-3-13(4-2-8)20-5-6-21-13;2*1-12(2,3)19-11(16)15-14-10-4-6-13(7-5-10)17-8-9-18-13;1-11(2)12(3,4)16-13(15-11)9-5-7-10(14)8-6-9;9-10-7-1-3-8(4-2-7)11-5-6-12-8;6-3-2(1-11)4(7)10-5(8)9-3/h7-8H,1-6H2;10,14H,4-9H2,1-3H3,(H,15,16);4-9H2,1-3H3,(H,15,16);5-8H,14H2,1-4H3;7,10H,1-6,9H2;1H. The van der Waals surface area contributed by atoms with E-state index in [1.54, 1.807) is 6.20 Å². The molecule has 9 aliphatic rings. The van der Waals surface area contributed by atoms with Crippen molar-refractivity contribution >= 4 is 111 Å². The molecule has 4 aliphatic carbocycles. The number of rotatable bonds is 7. The van der Waals surface area contributed by atoms with Gasteiger partial charge in [0.15, 0.2) is 35.1 Å². The minimum Gasteiger partial charge on any atom is -0.443 e. The van der Waals surface area contributed by atoms with Gasteiger partial charge < -0.3 is 62.4 Å². The van der Waals surface area contributed by atoms with Crippen molar-refractivity contribution < 1.29 is 71.1 Å². The average Bonchev–Trinajstić information content (AvgIpc) is 1.62. The highest BCUT2D eigenvalue weighted by molar-refractivity contribution is 6.62. The van der Waals surface area contributed by atoms with E-state index in [0.29, 0.717) is 62.8 Å². The lowest BCUT2D eigenvalue weighted by molar-refractivity contribution is -0.181. The van der Waals surface area contributed by atoms with Gasteiger partial charge in [0.1, 0.15) is 26.7 Å². The summed E-state index contributed by atoms with van der Waals surface area (Å²) in [4.78, 5) is 48.5. The smallest absolute Gasteiger partial charge is 0.443 e. The molecule has 98 heavy (non-hydrogen) atoms. The molecule has 0 unspecified atom stereocenters. The van der Waals surface area contributed by atoms with E-state index in [9.17, 15) is 14.4 Å². The number of nitrogen functional groups attached to an aromatic ring is 1. The summed E-state index contributed by atoms with van der Waals surface area (Å²) in [7, 11) is -0.300. The van der Waals surface area contributed by atoms with Crippen LogP contribution in [-0.4, -0.2) is 172 Å². The molecule has 28 nitrogen and oxygen atoms in total. The number of hydrazine groups is 2. The van der Waals surface area contributed by atoms with Crippen molar-refractivity contribution in [2.75, 3.05) is 58.6 Å². The van der Waals surface area contributed by atoms with E-state index in [4.69, 9.17) is 126 Å². The van der Waals surface area contributed by atoms with Gasteiger partial charge in [-0.25, -0.2) is 40.1 Å². The lowest BCUT2D eigenvalue weighted by Gasteiger charge is -2.35. The average molecular weight is 1470 g/mol. The van der Waals surface area contributed by atoms with Gasteiger partial charge in [0.2, 0.25) is 10.6 Å². The molecule has 5 saturated heterocycles. The maximum absolute atomic E-state index is 11.5. The van der Waals surface area contributed by atoms with E-state index in [0.717, 1.165) is 138 Å². The molecule has 1 aromatic carbocycles. The van der Waals surface area contributed by atoms with Crippen molar-refractivity contribution in [3.05, 3.63) is 62.1 Å². The fraction of sp³-hybridized carbons (Fsp3) is 0.703. The Balaban J connectivity index is 0.000000152. The van der Waals surface area contributed by atoms with Gasteiger partial charge in [-0.15, -0.1) is 0 Å². The van der Waals surface area contributed by atoms with Crippen molar-refractivity contribution in [1.82, 2.24) is 51.4 Å². The van der Waals surface area contributed by atoms with E-state index in [1.165, 1.54) is 0 Å². The molecule has 9 fully saturated rings. The predicted octanol–water partition coefficient (Wildman–Crippen LogP) is 10.8. The van der Waals surface area contributed by atoms with Crippen molar-refractivity contribution in [1.29, 1.82) is 0 Å². The molecule has 34 heteroatoms. The molecule has 4 saturated carbocycles. The first-order chi connectivity index (χ1) is 46.3. The molecule has 0 bridgehead atoms. The second-order valence-corrected chi connectivity index (χ2v) is 29.7. The van der Waals surface area contributed by atoms with Crippen LogP contribution in [0.3, 0.4) is 0 Å². The van der Waals surface area contributed by atoms with Gasteiger partial charge in [-0.3, -0.25) is 21.5 Å². The molecule has 5 aliphatic heterocycles. The molecule has 4 aromatic rings. The SMILES string of the molecule is CC(C)(C)OC(=O)NN=C1CCC2(CC1)OCCO2.CC(C)(C)OC(=O)NNC1CCC2(CC1)OCCO2.CC1(C)OB(c2ccc(N)cc2)OC1(C)C.Clc1nc(Cl)c2cnn(C3CCC4(CC3)OCCO4)c2n1.NNC1CCC2(CC1)OCCO2.O=Cc1c(Cl)nc(Cl)nc1Cl. The van der Waals surface area contributed by atoms with Crippen molar-refractivity contribution in [3.8, 4) is 0 Å². The Bertz CT molecular complexity index is 3230. The van der Waals surface area contributed by atoms with Crippen LogP contribution < -0.4 is 38.7 Å². The number of halogens is 5. The largest absolute Gasteiger partial charge is 0.494 e. The van der Waals surface area contributed by atoms with Crippen molar-refractivity contribution in [3.63, 3.8) is 0 Å². The zero-order valence-electron chi connectivity index (χ0n) is 57.5. The molecular formula is C64H95BCl5N13O15. The highest BCUT2D eigenvalue weighted by atomic mass is 35.5. The third kappa shape index (κ3) is 22.8. The van der Waals surface area contributed by atoms with Crippen LogP contribution in [0.4, 0.5) is 15.3 Å². The number of anilines is 1. The molecule has 3 aromatic heterocycles. The number of hydrazone groups is 1. The van der Waals surface area contributed by atoms with Gasteiger partial charge in [0, 0.05) is 74.8 Å². The van der Waals surface area contributed by atoms with Gasteiger partial charge in [-0.05, 0) is 161 Å². The number of carbonyl (C=O) groups excluding carboxylic acids is 3. The Morgan fingerprint density at radius 3 is 1.45 bits per heavy atom. The lowest BCUT2D eigenvalue weighted by atomic mass is 9.79. The molecule has 8 N–H and O–H groups in total. The number of aldehydes is 1. The minimum absolute atomic E-state index is 0.0370. The van der Waals surface area contributed by atoms with E-state index in [2.05, 4.69) is 51.8 Å². The third-order valence-corrected chi connectivity index (χ3v) is 19.1. The second kappa shape index (κ2) is 34.7. The number of fused-ring (bicyclic) bond motifs is 1. The molecular weight excluding hydrogens is 1380 g/mol. The molecule has 13 rings (SSSR count). The number of nitrogens with one attached hydrogen (secondary N) is 4. The quantitative estimate of drug-likeness (QED) is 0.0190. The normalized spacial score (nSPS) is 23.7. The maximum Gasteiger partial charge on any atom is 0.494 e. The highest BCUT2D eigenvalue weighted by Gasteiger charge is 2.52. The summed E-state index contributed by atoms with van der Waals surface area (Å²) in [5, 5.41) is 9.59. The summed E-state index contributed by atoms with van der Waals surface area (Å²) in [6.07, 6.45) is 15.5. The summed E-state index contributed by atoms with van der Waals surface area (Å²) in [6, 6.07) is 8.55. The number of ether oxygens (including phenoxy) is 10. The number of benzene rings is 1. The number of amides is 2. The fourth-order valence-electron chi connectivity index (χ4n) is 12.0. The van der Waals surface area contributed by atoms with Gasteiger partial charge in [-0.2, -0.15) is 15.2 Å². The van der Waals surface area contributed by atoms with Crippen LogP contribution in [-0.2, 0) is 56.7 Å². The predicted molar refractivity (Wildman–Crippen MR) is 370 cm³/mol. The van der Waals surface area contributed by atoms with Crippen LogP contribution in [0, 0.1) is 0 Å². The first kappa shape index (κ1) is 79.2. The van der Waals surface area contributed by atoms with Crippen LogP contribution in [0.15, 0.2) is 35.6 Å². The molecule has 0 atom stereocenters. The number of nitrogens with zero attached hydrogens (tertiary/aromatic N) is 7. The summed E-state index contributed by atoms with van der Waals surface area (Å²) in [5.41, 5.74) is 18.4. The fourth-order valence-corrected chi connectivity index (χ4v) is 13.2. The Labute approximate surface area is 598 Å². The number of hydrogen-bond acceptors (Lipinski definition) is 25. The Hall–Kier alpha value is -4.48. The van der Waals surface area contributed by atoms with E-state index < -0.39 is 29.2 Å².